The van der Waals surface area contributed by atoms with Crippen molar-refractivity contribution >= 4 is 29.2 Å². The normalized spacial score (nSPS) is 18.0. The van der Waals surface area contributed by atoms with Crippen molar-refractivity contribution in [2.24, 2.45) is 0 Å². The molecule has 0 amide bonds. The maximum absolute atomic E-state index is 13.8. The van der Waals surface area contributed by atoms with Gasteiger partial charge >= 0.3 is 5.97 Å². The van der Waals surface area contributed by atoms with Crippen LogP contribution < -0.4 is 10.1 Å². The molecule has 2 atom stereocenters. The van der Waals surface area contributed by atoms with Gasteiger partial charge in [-0.25, -0.2) is 13.9 Å². The van der Waals surface area contributed by atoms with Gasteiger partial charge in [0.15, 0.2) is 0 Å². The second kappa shape index (κ2) is 8.25. The Morgan fingerprint density at radius 2 is 1.83 bits per heavy atom. The molecule has 0 saturated heterocycles. The number of methoxy groups -OCH3 is 1. The van der Waals surface area contributed by atoms with Crippen molar-refractivity contribution in [3.63, 3.8) is 0 Å². The van der Waals surface area contributed by atoms with Crippen LogP contribution in [-0.4, -0.2) is 27.8 Å². The Kier molecular flexibility index (Phi) is 5.04. The van der Waals surface area contributed by atoms with E-state index in [1.54, 1.807) is 35.0 Å². The third-order valence-electron chi connectivity index (χ3n) is 6.20. The Morgan fingerprint density at radius 1 is 1.09 bits per heavy atom. The molecule has 4 aromatic rings. The van der Waals surface area contributed by atoms with Crippen molar-refractivity contribution in [1.29, 1.82) is 0 Å². The summed E-state index contributed by atoms with van der Waals surface area (Å²) in [6.45, 7) is 0. The van der Waals surface area contributed by atoms with Crippen molar-refractivity contribution in [3.8, 4) is 5.75 Å². The van der Waals surface area contributed by atoms with E-state index in [9.17, 15) is 9.18 Å². The van der Waals surface area contributed by atoms with E-state index in [4.69, 9.17) is 21.1 Å². The molecule has 174 valence electrons. The number of nitrogens with zero attached hydrogens (tertiary/aromatic N) is 3. The van der Waals surface area contributed by atoms with Crippen LogP contribution >= 0.6 is 11.6 Å². The number of carbonyl (C=O) groups excluding carboxylic acids is 1. The SMILES string of the molecule is COC(=O)c1ccc([C@H]2Oc3ccc(Cl)cc3C3=C2[C@H](c2ccc(F)cc2)n2ncnc2N3)cc1. The Morgan fingerprint density at radius 3 is 2.57 bits per heavy atom. The smallest absolute Gasteiger partial charge is 0.337 e. The number of nitrogens with one attached hydrogen (secondary N) is 1. The molecule has 3 aromatic carbocycles. The summed E-state index contributed by atoms with van der Waals surface area (Å²) in [6, 6.07) is 18.4. The number of fused-ring (bicyclic) bond motifs is 3. The number of esters is 1. The van der Waals surface area contributed by atoms with Gasteiger partial charge in [0.2, 0.25) is 5.95 Å². The Balaban J connectivity index is 1.57. The second-order valence-corrected chi connectivity index (χ2v) is 8.63. The van der Waals surface area contributed by atoms with Crippen LogP contribution in [0.25, 0.3) is 5.70 Å². The molecule has 9 heteroatoms. The van der Waals surface area contributed by atoms with Crippen molar-refractivity contribution in [2.75, 3.05) is 12.4 Å². The summed E-state index contributed by atoms with van der Waals surface area (Å²) in [6.07, 6.45) is 0.933. The highest BCUT2D eigenvalue weighted by molar-refractivity contribution is 6.30. The van der Waals surface area contributed by atoms with E-state index in [2.05, 4.69) is 15.4 Å². The van der Waals surface area contributed by atoms with Gasteiger partial charge in [0, 0.05) is 16.2 Å². The molecule has 0 unspecified atom stereocenters. The number of anilines is 1. The molecule has 0 spiro atoms. The third-order valence-corrected chi connectivity index (χ3v) is 6.43. The first-order valence-corrected chi connectivity index (χ1v) is 11.2. The molecule has 3 heterocycles. The summed E-state index contributed by atoms with van der Waals surface area (Å²) in [5.41, 5.74) is 4.52. The Hall–Kier alpha value is -4.17. The average Bonchev–Trinajstić information content (AvgIpc) is 3.36. The van der Waals surface area contributed by atoms with Crippen molar-refractivity contribution in [2.45, 2.75) is 12.1 Å². The minimum absolute atomic E-state index is 0.331. The molecule has 2 aliphatic heterocycles. The molecule has 1 aromatic heterocycles. The van der Waals surface area contributed by atoms with E-state index >= 15 is 0 Å². The van der Waals surface area contributed by atoms with Crippen LogP contribution in [0.5, 0.6) is 5.75 Å². The maximum atomic E-state index is 13.8. The van der Waals surface area contributed by atoms with Crippen molar-refractivity contribution in [3.05, 3.63) is 112 Å². The van der Waals surface area contributed by atoms with Gasteiger partial charge in [-0.1, -0.05) is 35.9 Å². The van der Waals surface area contributed by atoms with E-state index in [1.165, 1.54) is 25.6 Å². The number of ether oxygens (including phenoxy) is 2. The van der Waals surface area contributed by atoms with Crippen LogP contribution in [0, 0.1) is 5.82 Å². The highest BCUT2D eigenvalue weighted by atomic mass is 35.5. The van der Waals surface area contributed by atoms with Gasteiger partial charge in [0.1, 0.15) is 30.0 Å². The molecular weight excluding hydrogens is 471 g/mol. The monoisotopic (exact) mass is 488 g/mol. The van der Waals surface area contributed by atoms with Crippen LogP contribution in [0.1, 0.15) is 39.2 Å². The number of rotatable bonds is 3. The van der Waals surface area contributed by atoms with Gasteiger partial charge < -0.3 is 14.8 Å². The first kappa shape index (κ1) is 21.4. The lowest BCUT2D eigenvalue weighted by atomic mass is 9.84. The zero-order chi connectivity index (χ0) is 24.1. The molecule has 35 heavy (non-hydrogen) atoms. The number of hydrogen-bond acceptors (Lipinski definition) is 6. The molecule has 0 radical (unpaired) electrons. The van der Waals surface area contributed by atoms with Crippen LogP contribution in [0.2, 0.25) is 5.02 Å². The zero-order valence-corrected chi connectivity index (χ0v) is 19.2. The second-order valence-electron chi connectivity index (χ2n) is 8.19. The van der Waals surface area contributed by atoms with E-state index in [0.717, 1.165) is 28.0 Å². The maximum Gasteiger partial charge on any atom is 0.337 e. The highest BCUT2D eigenvalue weighted by Crippen LogP contribution is 2.51. The van der Waals surface area contributed by atoms with Gasteiger partial charge in [-0.15, -0.1) is 0 Å². The predicted molar refractivity (Wildman–Crippen MR) is 128 cm³/mol. The standard InChI is InChI=1S/C26H18ClFN4O3/c1-34-25(33)16-4-2-15(3-5-16)24-21-22(19-12-17(27)8-11-20(19)35-24)31-26-29-13-30-32(26)23(21)14-6-9-18(28)10-7-14/h2-13,23-24H,1H3,(H,29,30,31)/t23-,24+/m0/s1. The van der Waals surface area contributed by atoms with Gasteiger partial charge in [-0.3, -0.25) is 0 Å². The lowest BCUT2D eigenvalue weighted by Gasteiger charge is -2.39. The number of hydrogen-bond donors (Lipinski definition) is 1. The van der Waals surface area contributed by atoms with Gasteiger partial charge in [-0.05, 0) is 53.6 Å². The summed E-state index contributed by atoms with van der Waals surface area (Å²) in [5, 5.41) is 8.41. The largest absolute Gasteiger partial charge is 0.480 e. The molecule has 0 saturated carbocycles. The summed E-state index contributed by atoms with van der Waals surface area (Å²) in [4.78, 5) is 16.3. The van der Waals surface area contributed by atoms with Crippen molar-refractivity contribution < 1.29 is 18.7 Å². The van der Waals surface area contributed by atoms with Gasteiger partial charge in [0.25, 0.3) is 0 Å². The minimum Gasteiger partial charge on any atom is -0.480 e. The number of aromatic nitrogens is 3. The average molecular weight is 489 g/mol. The topological polar surface area (TPSA) is 78.3 Å². The number of halogens is 2. The fraction of sp³-hybridized carbons (Fsp3) is 0.115. The quantitative estimate of drug-likeness (QED) is 0.388. The molecule has 7 nitrogen and oxygen atoms in total. The van der Waals surface area contributed by atoms with Gasteiger partial charge in [-0.2, -0.15) is 10.1 Å². The fourth-order valence-electron chi connectivity index (χ4n) is 4.59. The number of benzene rings is 3. The molecule has 1 N–H and O–H groups in total. The summed E-state index contributed by atoms with van der Waals surface area (Å²) < 4.78 is 26.9. The molecule has 0 bridgehead atoms. The van der Waals surface area contributed by atoms with Crippen LogP contribution in [-0.2, 0) is 4.74 Å². The molecule has 0 fully saturated rings. The van der Waals surface area contributed by atoms with E-state index in [-0.39, 0.29) is 5.82 Å². The molecular formula is C26H18ClFN4O3. The predicted octanol–water partition coefficient (Wildman–Crippen LogP) is 5.42. The van der Waals surface area contributed by atoms with Crippen molar-refractivity contribution in [1.82, 2.24) is 14.8 Å². The van der Waals surface area contributed by atoms with E-state index < -0.39 is 18.1 Å². The highest BCUT2D eigenvalue weighted by Gasteiger charge is 2.41. The Bertz CT molecular complexity index is 1480. The first-order chi connectivity index (χ1) is 17.0. The van der Waals surface area contributed by atoms with E-state index in [1.807, 2.05) is 24.3 Å². The van der Waals surface area contributed by atoms with Crippen LogP contribution in [0.3, 0.4) is 0 Å². The molecule has 6 rings (SSSR count). The summed E-state index contributed by atoms with van der Waals surface area (Å²) in [5.74, 6) is 0.443. The van der Waals surface area contributed by atoms with E-state index in [0.29, 0.717) is 22.3 Å². The first-order valence-electron chi connectivity index (χ1n) is 10.8. The number of carbonyl (C=O) groups is 1. The lowest BCUT2D eigenvalue weighted by molar-refractivity contribution is 0.0600. The minimum atomic E-state index is -0.537. The lowest BCUT2D eigenvalue weighted by Crippen LogP contribution is -2.32. The zero-order valence-electron chi connectivity index (χ0n) is 18.4. The summed E-state index contributed by atoms with van der Waals surface area (Å²) >= 11 is 6.35. The molecule has 2 aliphatic rings. The van der Waals surface area contributed by atoms with Crippen LogP contribution in [0.15, 0.2) is 78.6 Å². The third kappa shape index (κ3) is 3.54. The van der Waals surface area contributed by atoms with Gasteiger partial charge in [0.05, 0.1) is 18.4 Å². The Labute approximate surface area is 204 Å². The van der Waals surface area contributed by atoms with Crippen LogP contribution in [0.4, 0.5) is 10.3 Å². The summed E-state index contributed by atoms with van der Waals surface area (Å²) in [7, 11) is 1.34. The molecule has 0 aliphatic carbocycles. The fourth-order valence-corrected chi connectivity index (χ4v) is 4.77.